The van der Waals surface area contributed by atoms with Crippen LogP contribution in [-0.2, 0) is 6.54 Å². The number of hydrogen-bond acceptors (Lipinski definition) is 3. The van der Waals surface area contributed by atoms with Crippen molar-refractivity contribution in [3.05, 3.63) is 47.5 Å². The first-order valence-corrected chi connectivity index (χ1v) is 7.10. The molecule has 0 fully saturated rings. The van der Waals surface area contributed by atoms with E-state index in [9.17, 15) is 0 Å². The third-order valence-electron chi connectivity index (χ3n) is 3.51. The molecule has 1 unspecified atom stereocenters. The summed E-state index contributed by atoms with van der Waals surface area (Å²) < 4.78 is 7.51. The first kappa shape index (κ1) is 14.6. The summed E-state index contributed by atoms with van der Waals surface area (Å²) >= 11 is 0. The van der Waals surface area contributed by atoms with Gasteiger partial charge >= 0.3 is 0 Å². The largest absolute Gasteiger partial charge is 0.496 e. The predicted molar refractivity (Wildman–Crippen MR) is 81.2 cm³/mol. The summed E-state index contributed by atoms with van der Waals surface area (Å²) in [6, 6.07) is 6.41. The quantitative estimate of drug-likeness (QED) is 0.879. The Morgan fingerprint density at radius 3 is 2.75 bits per heavy atom. The van der Waals surface area contributed by atoms with Gasteiger partial charge in [-0.2, -0.15) is 0 Å². The van der Waals surface area contributed by atoms with Crippen molar-refractivity contribution in [2.75, 3.05) is 13.7 Å². The van der Waals surface area contributed by atoms with Gasteiger partial charge in [-0.15, -0.1) is 0 Å². The van der Waals surface area contributed by atoms with Crippen LogP contribution >= 0.6 is 0 Å². The van der Waals surface area contributed by atoms with Gasteiger partial charge in [-0.25, -0.2) is 4.98 Å². The van der Waals surface area contributed by atoms with E-state index >= 15 is 0 Å². The number of methoxy groups -OCH3 is 1. The minimum Gasteiger partial charge on any atom is -0.496 e. The molecule has 108 valence electrons. The molecule has 0 aliphatic carbocycles. The second-order valence-electron chi connectivity index (χ2n) is 4.79. The lowest BCUT2D eigenvalue weighted by Gasteiger charge is -2.20. The third-order valence-corrected chi connectivity index (χ3v) is 3.51. The summed E-state index contributed by atoms with van der Waals surface area (Å²) in [6.45, 7) is 8.13. The monoisotopic (exact) mass is 273 g/mol. The number of benzene rings is 1. The fraction of sp³-hybridized carbons (Fsp3) is 0.438. The van der Waals surface area contributed by atoms with Crippen LogP contribution in [0.1, 0.15) is 36.8 Å². The van der Waals surface area contributed by atoms with Crippen molar-refractivity contribution < 1.29 is 4.74 Å². The Bertz CT molecular complexity index is 563. The molecular weight excluding hydrogens is 250 g/mol. The topological polar surface area (TPSA) is 39.1 Å². The van der Waals surface area contributed by atoms with Crippen molar-refractivity contribution >= 4 is 0 Å². The fourth-order valence-electron chi connectivity index (χ4n) is 2.49. The average Bonchev–Trinajstić information content (AvgIpc) is 2.92. The van der Waals surface area contributed by atoms with E-state index in [1.807, 2.05) is 18.5 Å². The highest BCUT2D eigenvalue weighted by Crippen LogP contribution is 2.26. The summed E-state index contributed by atoms with van der Waals surface area (Å²) in [5.74, 6) is 1.97. The molecule has 0 aliphatic rings. The summed E-state index contributed by atoms with van der Waals surface area (Å²) in [4.78, 5) is 4.52. The summed E-state index contributed by atoms with van der Waals surface area (Å²) in [5.41, 5.74) is 2.36. The Kier molecular flexibility index (Phi) is 4.79. The maximum atomic E-state index is 5.33. The standard InChI is InChI=1S/C16H23N3O/c1-5-17-15(16-18-9-10-19(16)6-2)13-7-8-14(20-4)12(3)11-13/h7-11,15,17H,5-6H2,1-4H3. The van der Waals surface area contributed by atoms with Gasteiger partial charge in [0.05, 0.1) is 13.2 Å². The van der Waals surface area contributed by atoms with E-state index in [0.29, 0.717) is 0 Å². The van der Waals surface area contributed by atoms with Crippen molar-refractivity contribution in [2.24, 2.45) is 0 Å². The van der Waals surface area contributed by atoms with Gasteiger partial charge in [0.25, 0.3) is 0 Å². The lowest BCUT2D eigenvalue weighted by Crippen LogP contribution is -2.25. The Labute approximate surface area is 120 Å². The van der Waals surface area contributed by atoms with E-state index in [4.69, 9.17) is 4.74 Å². The number of imidazole rings is 1. The lowest BCUT2D eigenvalue weighted by atomic mass is 10.0. The van der Waals surface area contributed by atoms with Gasteiger partial charge < -0.3 is 14.6 Å². The van der Waals surface area contributed by atoms with Gasteiger partial charge in [-0.1, -0.05) is 19.1 Å². The summed E-state index contributed by atoms with van der Waals surface area (Å²) in [6.07, 6.45) is 3.88. The second kappa shape index (κ2) is 6.57. The van der Waals surface area contributed by atoms with E-state index < -0.39 is 0 Å². The van der Waals surface area contributed by atoms with Gasteiger partial charge in [0.2, 0.25) is 0 Å². The van der Waals surface area contributed by atoms with Gasteiger partial charge in [0.15, 0.2) is 0 Å². The maximum absolute atomic E-state index is 5.33. The number of nitrogens with zero attached hydrogens (tertiary/aromatic N) is 2. The molecule has 4 heteroatoms. The summed E-state index contributed by atoms with van der Waals surface area (Å²) in [7, 11) is 1.70. The van der Waals surface area contributed by atoms with Crippen LogP contribution in [0.5, 0.6) is 5.75 Å². The Balaban J connectivity index is 2.40. The summed E-state index contributed by atoms with van der Waals surface area (Å²) in [5, 5.41) is 3.52. The van der Waals surface area contributed by atoms with Crippen LogP contribution in [0.25, 0.3) is 0 Å². The molecule has 20 heavy (non-hydrogen) atoms. The average molecular weight is 273 g/mol. The number of hydrogen-bond donors (Lipinski definition) is 1. The van der Waals surface area contributed by atoms with Crippen LogP contribution in [0, 0.1) is 6.92 Å². The maximum Gasteiger partial charge on any atom is 0.130 e. The molecule has 1 aromatic heterocycles. The number of aryl methyl sites for hydroxylation is 2. The van der Waals surface area contributed by atoms with Crippen molar-refractivity contribution in [3.8, 4) is 5.75 Å². The normalized spacial score (nSPS) is 12.4. The lowest BCUT2D eigenvalue weighted by molar-refractivity contribution is 0.411. The molecule has 0 saturated heterocycles. The molecule has 0 bridgehead atoms. The molecule has 1 atom stereocenters. The van der Waals surface area contributed by atoms with Gasteiger partial charge in [-0.05, 0) is 37.6 Å². The third kappa shape index (κ3) is 2.85. The molecule has 1 aromatic carbocycles. The van der Waals surface area contributed by atoms with Crippen molar-refractivity contribution in [3.63, 3.8) is 0 Å². The highest BCUT2D eigenvalue weighted by Gasteiger charge is 2.18. The Morgan fingerprint density at radius 1 is 1.35 bits per heavy atom. The second-order valence-corrected chi connectivity index (χ2v) is 4.79. The first-order valence-electron chi connectivity index (χ1n) is 7.10. The molecule has 2 rings (SSSR count). The molecule has 1 heterocycles. The molecule has 0 saturated carbocycles. The minimum absolute atomic E-state index is 0.111. The van der Waals surface area contributed by atoms with E-state index in [1.54, 1.807) is 7.11 Å². The van der Waals surface area contributed by atoms with Crippen LogP contribution in [-0.4, -0.2) is 23.2 Å². The van der Waals surface area contributed by atoms with Crippen LogP contribution in [0.15, 0.2) is 30.6 Å². The minimum atomic E-state index is 0.111. The van der Waals surface area contributed by atoms with E-state index in [2.05, 4.69) is 47.8 Å². The van der Waals surface area contributed by atoms with E-state index in [-0.39, 0.29) is 6.04 Å². The molecule has 0 aliphatic heterocycles. The zero-order valence-corrected chi connectivity index (χ0v) is 12.7. The van der Waals surface area contributed by atoms with Crippen LogP contribution < -0.4 is 10.1 Å². The molecule has 4 nitrogen and oxygen atoms in total. The van der Waals surface area contributed by atoms with Gasteiger partial charge in [0.1, 0.15) is 11.6 Å². The van der Waals surface area contributed by atoms with Gasteiger partial charge in [-0.3, -0.25) is 0 Å². The number of rotatable bonds is 6. The molecule has 0 amide bonds. The van der Waals surface area contributed by atoms with Crippen molar-refractivity contribution in [1.29, 1.82) is 0 Å². The molecular formula is C16H23N3O. The molecule has 1 N–H and O–H groups in total. The van der Waals surface area contributed by atoms with Gasteiger partial charge in [0, 0.05) is 18.9 Å². The highest BCUT2D eigenvalue weighted by molar-refractivity contribution is 5.39. The van der Waals surface area contributed by atoms with E-state index in [1.165, 1.54) is 5.56 Å². The highest BCUT2D eigenvalue weighted by atomic mass is 16.5. The molecule has 2 aromatic rings. The van der Waals surface area contributed by atoms with E-state index in [0.717, 1.165) is 30.2 Å². The number of nitrogens with one attached hydrogen (secondary N) is 1. The Hall–Kier alpha value is -1.81. The number of ether oxygens (including phenoxy) is 1. The first-order chi connectivity index (χ1) is 9.71. The zero-order valence-electron chi connectivity index (χ0n) is 12.7. The fourth-order valence-corrected chi connectivity index (χ4v) is 2.49. The van der Waals surface area contributed by atoms with Crippen molar-refractivity contribution in [2.45, 2.75) is 33.4 Å². The predicted octanol–water partition coefficient (Wildman–Crippen LogP) is 2.92. The number of aromatic nitrogens is 2. The van der Waals surface area contributed by atoms with Crippen molar-refractivity contribution in [1.82, 2.24) is 14.9 Å². The van der Waals surface area contributed by atoms with Crippen LogP contribution in [0.2, 0.25) is 0 Å². The van der Waals surface area contributed by atoms with Crippen LogP contribution in [0.4, 0.5) is 0 Å². The zero-order chi connectivity index (χ0) is 14.5. The SMILES string of the molecule is CCNC(c1ccc(OC)c(C)c1)c1nccn1CC. The molecule has 0 spiro atoms. The smallest absolute Gasteiger partial charge is 0.130 e. The van der Waals surface area contributed by atoms with Crippen LogP contribution in [0.3, 0.4) is 0 Å². The molecule has 0 radical (unpaired) electrons. The Morgan fingerprint density at radius 2 is 2.15 bits per heavy atom.